The summed E-state index contributed by atoms with van der Waals surface area (Å²) in [6, 6.07) is 12.4. The number of hydrogen-bond donors (Lipinski definition) is 1. The third kappa shape index (κ3) is 2.35. The summed E-state index contributed by atoms with van der Waals surface area (Å²) >= 11 is 6.22. The average Bonchev–Trinajstić information content (AvgIpc) is 2.82. The second-order valence-electron chi connectivity index (χ2n) is 5.71. The maximum atomic E-state index is 14.3. The van der Waals surface area contributed by atoms with Gasteiger partial charge in [-0.05, 0) is 23.8 Å². The molecule has 4 rings (SSSR count). The van der Waals surface area contributed by atoms with Crippen molar-refractivity contribution in [1.82, 2.24) is 15.1 Å². The summed E-state index contributed by atoms with van der Waals surface area (Å²) in [7, 11) is 1.92. The number of benzene rings is 2. The highest BCUT2D eigenvalue weighted by atomic mass is 35.5. The minimum atomic E-state index is -0.253. The minimum Gasteiger partial charge on any atom is -0.302 e. The van der Waals surface area contributed by atoms with E-state index in [-0.39, 0.29) is 11.9 Å². The van der Waals surface area contributed by atoms with Gasteiger partial charge in [-0.25, -0.2) is 4.39 Å². The first-order chi connectivity index (χ1) is 11.1. The van der Waals surface area contributed by atoms with Crippen LogP contribution in [0.1, 0.15) is 22.7 Å². The van der Waals surface area contributed by atoms with E-state index in [1.165, 1.54) is 6.07 Å². The van der Waals surface area contributed by atoms with E-state index < -0.39 is 0 Å². The lowest BCUT2D eigenvalue weighted by molar-refractivity contribution is 0.552. The summed E-state index contributed by atoms with van der Waals surface area (Å²) in [6.07, 6.45) is 1.85. The molecular formula is C18H15ClFN3. The van der Waals surface area contributed by atoms with Gasteiger partial charge in [0.05, 0.1) is 17.9 Å². The Morgan fingerprint density at radius 1 is 1.22 bits per heavy atom. The topological polar surface area (TPSA) is 29.9 Å². The Labute approximate surface area is 138 Å². The molecule has 0 amide bonds. The molecule has 0 saturated heterocycles. The molecule has 116 valence electrons. The lowest BCUT2D eigenvalue weighted by Crippen LogP contribution is -2.21. The van der Waals surface area contributed by atoms with Gasteiger partial charge in [0, 0.05) is 35.3 Å². The SMILES string of the molecule is Cn1ncc2c1-c1ccc(Cl)cc1C(c1ccccc1F)NC2. The maximum absolute atomic E-state index is 14.3. The van der Waals surface area contributed by atoms with Crippen molar-refractivity contribution in [2.75, 3.05) is 0 Å². The van der Waals surface area contributed by atoms with Gasteiger partial charge in [-0.3, -0.25) is 4.68 Å². The van der Waals surface area contributed by atoms with E-state index in [1.54, 1.807) is 6.07 Å². The number of fused-ring (bicyclic) bond motifs is 3. The van der Waals surface area contributed by atoms with Crippen LogP contribution in [0.25, 0.3) is 11.3 Å². The molecule has 3 aromatic rings. The van der Waals surface area contributed by atoms with Crippen LogP contribution in [0.4, 0.5) is 4.39 Å². The molecule has 3 nitrogen and oxygen atoms in total. The Bertz CT molecular complexity index is 888. The van der Waals surface area contributed by atoms with Crippen LogP contribution in [-0.2, 0) is 13.6 Å². The van der Waals surface area contributed by atoms with Crippen LogP contribution in [-0.4, -0.2) is 9.78 Å². The monoisotopic (exact) mass is 327 g/mol. The predicted octanol–water partition coefficient (Wildman–Crippen LogP) is 4.07. The number of nitrogens with one attached hydrogen (secondary N) is 1. The first-order valence-corrected chi connectivity index (χ1v) is 7.81. The molecule has 0 spiro atoms. The normalized spacial score (nSPS) is 16.6. The Morgan fingerprint density at radius 3 is 2.87 bits per heavy atom. The van der Waals surface area contributed by atoms with Gasteiger partial charge in [-0.2, -0.15) is 5.10 Å². The average molecular weight is 328 g/mol. The molecule has 1 aliphatic heterocycles. The third-order valence-electron chi connectivity index (χ3n) is 4.31. The lowest BCUT2D eigenvalue weighted by Gasteiger charge is -2.20. The molecule has 1 aromatic heterocycles. The summed E-state index contributed by atoms with van der Waals surface area (Å²) in [5.41, 5.74) is 4.75. The molecule has 1 aliphatic rings. The number of halogens is 2. The second kappa shape index (κ2) is 5.48. The fraction of sp³-hybridized carbons (Fsp3) is 0.167. The van der Waals surface area contributed by atoms with Gasteiger partial charge in [0.2, 0.25) is 0 Å². The highest BCUT2D eigenvalue weighted by Gasteiger charge is 2.27. The van der Waals surface area contributed by atoms with E-state index in [2.05, 4.69) is 10.4 Å². The van der Waals surface area contributed by atoms with Crippen molar-refractivity contribution in [3.8, 4) is 11.3 Å². The first-order valence-electron chi connectivity index (χ1n) is 7.43. The van der Waals surface area contributed by atoms with Crippen LogP contribution in [0, 0.1) is 5.82 Å². The van der Waals surface area contributed by atoms with Crippen molar-refractivity contribution >= 4 is 11.6 Å². The Hall–Kier alpha value is -2.17. The molecule has 0 aliphatic carbocycles. The van der Waals surface area contributed by atoms with Crippen LogP contribution in [0.2, 0.25) is 5.02 Å². The van der Waals surface area contributed by atoms with Gasteiger partial charge in [0.1, 0.15) is 5.82 Å². The summed E-state index contributed by atoms with van der Waals surface area (Å²) in [6.45, 7) is 0.620. The maximum Gasteiger partial charge on any atom is 0.128 e. The zero-order valence-electron chi connectivity index (χ0n) is 12.6. The molecule has 0 fully saturated rings. The van der Waals surface area contributed by atoms with E-state index in [0.29, 0.717) is 17.1 Å². The fourth-order valence-electron chi connectivity index (χ4n) is 3.26. The number of hydrogen-bond acceptors (Lipinski definition) is 2. The quantitative estimate of drug-likeness (QED) is 0.730. The molecule has 1 N–H and O–H groups in total. The van der Waals surface area contributed by atoms with E-state index in [4.69, 9.17) is 11.6 Å². The van der Waals surface area contributed by atoms with Crippen molar-refractivity contribution in [2.45, 2.75) is 12.6 Å². The molecule has 2 aromatic carbocycles. The van der Waals surface area contributed by atoms with Gasteiger partial charge in [0.15, 0.2) is 0 Å². The van der Waals surface area contributed by atoms with Gasteiger partial charge in [-0.1, -0.05) is 35.9 Å². The van der Waals surface area contributed by atoms with Crippen LogP contribution in [0.5, 0.6) is 0 Å². The van der Waals surface area contributed by atoms with E-state index in [9.17, 15) is 4.39 Å². The number of rotatable bonds is 1. The van der Waals surface area contributed by atoms with Gasteiger partial charge < -0.3 is 5.32 Å². The molecular weight excluding hydrogens is 313 g/mol. The molecule has 0 saturated carbocycles. The van der Waals surface area contributed by atoms with Crippen molar-refractivity contribution in [3.05, 3.63) is 76.2 Å². The van der Waals surface area contributed by atoms with E-state index in [1.807, 2.05) is 48.3 Å². The minimum absolute atomic E-state index is 0.222. The van der Waals surface area contributed by atoms with E-state index >= 15 is 0 Å². The van der Waals surface area contributed by atoms with Crippen molar-refractivity contribution in [1.29, 1.82) is 0 Å². The largest absolute Gasteiger partial charge is 0.302 e. The zero-order valence-corrected chi connectivity index (χ0v) is 13.3. The molecule has 1 atom stereocenters. The summed E-state index contributed by atoms with van der Waals surface area (Å²) in [4.78, 5) is 0. The first kappa shape index (κ1) is 14.4. The van der Waals surface area contributed by atoms with Crippen LogP contribution >= 0.6 is 11.6 Å². The highest BCUT2D eigenvalue weighted by Crippen LogP contribution is 2.38. The summed E-state index contributed by atoms with van der Waals surface area (Å²) in [5.74, 6) is -0.222. The summed E-state index contributed by atoms with van der Waals surface area (Å²) in [5, 5.41) is 8.42. The zero-order chi connectivity index (χ0) is 16.0. The molecule has 0 bridgehead atoms. The van der Waals surface area contributed by atoms with Crippen molar-refractivity contribution in [2.24, 2.45) is 7.05 Å². The smallest absolute Gasteiger partial charge is 0.128 e. The lowest BCUT2D eigenvalue weighted by atomic mass is 9.93. The van der Waals surface area contributed by atoms with Crippen LogP contribution in [0.15, 0.2) is 48.7 Å². The molecule has 0 radical (unpaired) electrons. The van der Waals surface area contributed by atoms with E-state index in [0.717, 1.165) is 22.4 Å². The highest BCUT2D eigenvalue weighted by molar-refractivity contribution is 6.30. The van der Waals surface area contributed by atoms with Gasteiger partial charge in [0.25, 0.3) is 0 Å². The second-order valence-corrected chi connectivity index (χ2v) is 6.15. The van der Waals surface area contributed by atoms with Crippen LogP contribution in [0.3, 0.4) is 0 Å². The molecule has 23 heavy (non-hydrogen) atoms. The van der Waals surface area contributed by atoms with Gasteiger partial charge >= 0.3 is 0 Å². The van der Waals surface area contributed by atoms with Gasteiger partial charge in [-0.15, -0.1) is 0 Å². The number of aromatic nitrogens is 2. The molecule has 2 heterocycles. The molecule has 1 unspecified atom stereocenters. The third-order valence-corrected chi connectivity index (χ3v) is 4.54. The standard InChI is InChI=1S/C18H15ClFN3/c1-23-18-11(10-22-23)9-21-17(14-4-2-3-5-16(14)20)15-8-12(19)6-7-13(15)18/h2-8,10,17,21H,9H2,1H3. The van der Waals surface area contributed by atoms with Crippen LogP contribution < -0.4 is 5.32 Å². The number of nitrogens with zero attached hydrogens (tertiary/aromatic N) is 2. The Kier molecular flexibility index (Phi) is 3.43. The number of aryl methyl sites for hydroxylation is 1. The van der Waals surface area contributed by atoms with Crippen molar-refractivity contribution in [3.63, 3.8) is 0 Å². The fourth-order valence-corrected chi connectivity index (χ4v) is 3.44. The Balaban J connectivity index is 1.97. The predicted molar refractivity (Wildman–Crippen MR) is 88.7 cm³/mol. The van der Waals surface area contributed by atoms with Crippen molar-refractivity contribution < 1.29 is 4.39 Å². The molecule has 5 heteroatoms. The summed E-state index contributed by atoms with van der Waals surface area (Å²) < 4.78 is 16.2. The Morgan fingerprint density at radius 2 is 2.04 bits per heavy atom.